The maximum absolute atomic E-state index is 11.9. The van der Waals surface area contributed by atoms with Crippen molar-refractivity contribution < 1.29 is 9.53 Å². The third-order valence-electron chi connectivity index (χ3n) is 2.86. The fourth-order valence-electron chi connectivity index (χ4n) is 1.98. The van der Waals surface area contributed by atoms with Crippen LogP contribution in [-0.2, 0) is 16.0 Å². The first kappa shape index (κ1) is 13.8. The summed E-state index contributed by atoms with van der Waals surface area (Å²) < 4.78 is 5.31. The van der Waals surface area contributed by atoms with Gasteiger partial charge >= 0.3 is 0 Å². The second kappa shape index (κ2) is 6.53. The lowest BCUT2D eigenvalue weighted by atomic mass is 10.0. The Morgan fingerprint density at radius 2 is 2.22 bits per heavy atom. The van der Waals surface area contributed by atoms with Crippen LogP contribution in [0.1, 0.15) is 12.0 Å². The predicted molar refractivity (Wildman–Crippen MR) is 72.4 cm³/mol. The molecule has 0 amide bonds. The third kappa shape index (κ3) is 3.95. The van der Waals surface area contributed by atoms with E-state index in [9.17, 15) is 4.79 Å². The van der Waals surface area contributed by atoms with Gasteiger partial charge in [-0.1, -0.05) is 29.3 Å². The molecule has 0 bridgehead atoms. The molecule has 0 aromatic heterocycles. The van der Waals surface area contributed by atoms with Crippen LogP contribution in [0.2, 0.25) is 10.0 Å². The Labute approximate surface area is 116 Å². The molecular weight excluding hydrogens is 273 g/mol. The second-order valence-electron chi connectivity index (χ2n) is 4.39. The van der Waals surface area contributed by atoms with Gasteiger partial charge in [0.2, 0.25) is 0 Å². The van der Waals surface area contributed by atoms with Gasteiger partial charge in [0.25, 0.3) is 0 Å². The molecule has 18 heavy (non-hydrogen) atoms. The van der Waals surface area contributed by atoms with Gasteiger partial charge < -0.3 is 10.1 Å². The van der Waals surface area contributed by atoms with Crippen LogP contribution < -0.4 is 5.32 Å². The van der Waals surface area contributed by atoms with Gasteiger partial charge in [-0.2, -0.15) is 0 Å². The zero-order chi connectivity index (χ0) is 13.0. The van der Waals surface area contributed by atoms with E-state index in [4.69, 9.17) is 27.9 Å². The summed E-state index contributed by atoms with van der Waals surface area (Å²) in [4.78, 5) is 11.9. The number of halogens is 2. The van der Waals surface area contributed by atoms with Crippen molar-refractivity contribution in [1.82, 2.24) is 5.32 Å². The number of rotatable bonds is 4. The number of ketones is 1. The Kier molecular flexibility index (Phi) is 5.01. The number of Topliss-reactive ketones (excluding diaryl/α,β-unsaturated/α-hetero) is 1. The zero-order valence-electron chi connectivity index (χ0n) is 9.92. The highest BCUT2D eigenvalue weighted by molar-refractivity contribution is 6.42. The lowest BCUT2D eigenvalue weighted by molar-refractivity contribution is -0.119. The normalized spacial score (nSPS) is 19.8. The van der Waals surface area contributed by atoms with Crippen molar-refractivity contribution in [3.8, 4) is 0 Å². The smallest absolute Gasteiger partial charge is 0.138 e. The molecule has 0 radical (unpaired) electrons. The van der Waals surface area contributed by atoms with E-state index in [1.54, 1.807) is 12.1 Å². The minimum Gasteiger partial charge on any atom is -0.379 e. The zero-order valence-corrected chi connectivity index (χ0v) is 11.4. The summed E-state index contributed by atoms with van der Waals surface area (Å²) in [6, 6.07) is 5.42. The lowest BCUT2D eigenvalue weighted by Gasteiger charge is -2.23. The van der Waals surface area contributed by atoms with Crippen LogP contribution in [0.4, 0.5) is 0 Å². The largest absolute Gasteiger partial charge is 0.379 e. The molecule has 1 aliphatic rings. The molecule has 0 spiro atoms. The van der Waals surface area contributed by atoms with E-state index in [0.717, 1.165) is 18.7 Å². The fraction of sp³-hybridized carbons (Fsp3) is 0.462. The van der Waals surface area contributed by atoms with Crippen molar-refractivity contribution >= 4 is 29.0 Å². The van der Waals surface area contributed by atoms with Crippen LogP contribution >= 0.6 is 23.2 Å². The molecule has 1 saturated heterocycles. The summed E-state index contributed by atoms with van der Waals surface area (Å²) in [7, 11) is 0. The van der Waals surface area contributed by atoms with Crippen molar-refractivity contribution in [2.45, 2.75) is 18.9 Å². The molecule has 1 heterocycles. The van der Waals surface area contributed by atoms with E-state index in [1.807, 2.05) is 6.07 Å². The molecule has 1 aromatic carbocycles. The van der Waals surface area contributed by atoms with Gasteiger partial charge in [0.05, 0.1) is 23.3 Å². The summed E-state index contributed by atoms with van der Waals surface area (Å²) in [5.41, 5.74) is 0.895. The van der Waals surface area contributed by atoms with Gasteiger partial charge in [0.1, 0.15) is 5.78 Å². The number of carbonyl (C=O) groups excluding carboxylic acids is 1. The number of hydrogen-bond acceptors (Lipinski definition) is 3. The second-order valence-corrected chi connectivity index (χ2v) is 5.21. The van der Waals surface area contributed by atoms with E-state index in [-0.39, 0.29) is 11.8 Å². The topological polar surface area (TPSA) is 38.3 Å². The number of carbonyl (C=O) groups is 1. The SMILES string of the molecule is O=C(Cc1ccc(Cl)c(Cl)c1)CC1COCCN1. The van der Waals surface area contributed by atoms with Crippen LogP contribution in [-0.4, -0.2) is 31.6 Å². The molecule has 2 rings (SSSR count). The first-order valence-electron chi connectivity index (χ1n) is 5.92. The maximum atomic E-state index is 11.9. The monoisotopic (exact) mass is 287 g/mol. The number of ether oxygens (including phenoxy) is 1. The highest BCUT2D eigenvalue weighted by Gasteiger charge is 2.17. The Hall–Kier alpha value is -0.610. The summed E-state index contributed by atoms with van der Waals surface area (Å²) in [6.45, 7) is 2.13. The number of morpholine rings is 1. The lowest BCUT2D eigenvalue weighted by Crippen LogP contribution is -2.42. The van der Waals surface area contributed by atoms with Gasteiger partial charge in [-0.3, -0.25) is 4.79 Å². The van der Waals surface area contributed by atoms with E-state index in [1.165, 1.54) is 0 Å². The Morgan fingerprint density at radius 3 is 2.89 bits per heavy atom. The van der Waals surface area contributed by atoms with Crippen LogP contribution in [0, 0.1) is 0 Å². The summed E-state index contributed by atoms with van der Waals surface area (Å²) in [5.74, 6) is 0.177. The van der Waals surface area contributed by atoms with Gasteiger partial charge in [0, 0.05) is 25.4 Å². The quantitative estimate of drug-likeness (QED) is 0.925. The third-order valence-corrected chi connectivity index (χ3v) is 3.60. The summed E-state index contributed by atoms with van der Waals surface area (Å²) in [5, 5.41) is 4.26. The summed E-state index contributed by atoms with van der Waals surface area (Å²) >= 11 is 11.7. The number of nitrogens with one attached hydrogen (secondary N) is 1. The average molecular weight is 288 g/mol. The van der Waals surface area contributed by atoms with E-state index in [2.05, 4.69) is 5.32 Å². The van der Waals surface area contributed by atoms with Gasteiger partial charge in [0.15, 0.2) is 0 Å². The molecule has 1 aliphatic heterocycles. The Bertz CT molecular complexity index is 431. The predicted octanol–water partition coefficient (Wildman–Crippen LogP) is 2.48. The van der Waals surface area contributed by atoms with Crippen LogP contribution in [0.5, 0.6) is 0 Å². The molecule has 1 N–H and O–H groups in total. The summed E-state index contributed by atoms with van der Waals surface area (Å²) in [6.07, 6.45) is 0.870. The number of hydrogen-bond donors (Lipinski definition) is 1. The molecule has 0 aliphatic carbocycles. The van der Waals surface area contributed by atoms with E-state index >= 15 is 0 Å². The van der Waals surface area contributed by atoms with Gasteiger partial charge in [-0.25, -0.2) is 0 Å². The van der Waals surface area contributed by atoms with Crippen LogP contribution in [0.3, 0.4) is 0 Å². The van der Waals surface area contributed by atoms with Crippen molar-refractivity contribution in [1.29, 1.82) is 0 Å². The fourth-order valence-corrected chi connectivity index (χ4v) is 2.30. The van der Waals surface area contributed by atoms with Crippen LogP contribution in [0.25, 0.3) is 0 Å². The van der Waals surface area contributed by atoms with E-state index in [0.29, 0.717) is 29.5 Å². The molecule has 5 heteroatoms. The number of benzene rings is 1. The minimum absolute atomic E-state index is 0.133. The highest BCUT2D eigenvalue weighted by atomic mass is 35.5. The molecule has 3 nitrogen and oxygen atoms in total. The van der Waals surface area contributed by atoms with Crippen molar-refractivity contribution in [2.75, 3.05) is 19.8 Å². The van der Waals surface area contributed by atoms with Crippen molar-refractivity contribution in [3.05, 3.63) is 33.8 Å². The van der Waals surface area contributed by atoms with Crippen molar-refractivity contribution in [2.24, 2.45) is 0 Å². The highest BCUT2D eigenvalue weighted by Crippen LogP contribution is 2.23. The van der Waals surface area contributed by atoms with Gasteiger partial charge in [-0.15, -0.1) is 0 Å². The van der Waals surface area contributed by atoms with E-state index < -0.39 is 0 Å². The Morgan fingerprint density at radius 1 is 1.39 bits per heavy atom. The van der Waals surface area contributed by atoms with Gasteiger partial charge in [-0.05, 0) is 17.7 Å². The molecule has 98 valence electrons. The maximum Gasteiger partial charge on any atom is 0.138 e. The molecule has 0 saturated carbocycles. The average Bonchev–Trinajstić information content (AvgIpc) is 2.35. The Balaban J connectivity index is 1.88. The molecule has 1 fully saturated rings. The molecular formula is C13H15Cl2NO2. The van der Waals surface area contributed by atoms with Crippen LogP contribution in [0.15, 0.2) is 18.2 Å². The molecule has 1 atom stereocenters. The first-order valence-corrected chi connectivity index (χ1v) is 6.67. The first-order chi connectivity index (χ1) is 8.65. The minimum atomic E-state index is 0.133. The molecule has 1 aromatic rings. The standard InChI is InChI=1S/C13H15Cl2NO2/c14-12-2-1-9(6-13(12)15)5-11(17)7-10-8-18-4-3-16-10/h1-2,6,10,16H,3-5,7-8H2. The molecule has 1 unspecified atom stereocenters. The van der Waals surface area contributed by atoms with Crippen molar-refractivity contribution in [3.63, 3.8) is 0 Å².